The highest BCUT2D eigenvalue weighted by Crippen LogP contribution is 2.26. The monoisotopic (exact) mass is 384 g/mol. The topological polar surface area (TPSA) is 98.4 Å². The minimum atomic E-state index is -0.560. The van der Waals surface area contributed by atoms with Gasteiger partial charge in [-0.3, -0.25) is 0 Å². The van der Waals surface area contributed by atoms with Gasteiger partial charge in [0, 0.05) is 28.1 Å². The van der Waals surface area contributed by atoms with Crippen LogP contribution in [-0.2, 0) is 4.74 Å². The lowest BCUT2D eigenvalue weighted by atomic mass is 10.1. The van der Waals surface area contributed by atoms with E-state index in [-0.39, 0.29) is 12.6 Å². The van der Waals surface area contributed by atoms with Crippen LogP contribution in [0.1, 0.15) is 32.4 Å². The number of hydrazine groups is 1. The Bertz CT molecular complexity index is 681. The molecule has 1 aromatic heterocycles. The second-order valence-corrected chi connectivity index (χ2v) is 7.04. The molecule has 1 atom stereocenters. The third-order valence-corrected chi connectivity index (χ3v) is 3.63. The second kappa shape index (κ2) is 7.31. The summed E-state index contributed by atoms with van der Waals surface area (Å²) in [6.07, 6.45) is 1.33. The Hall–Kier alpha value is -1.61. The van der Waals surface area contributed by atoms with Gasteiger partial charge in [0.1, 0.15) is 5.60 Å². The minimum Gasteiger partial charge on any atom is -0.444 e. The largest absolute Gasteiger partial charge is 0.444 e. The summed E-state index contributed by atoms with van der Waals surface area (Å²) in [5.74, 6) is 0. The lowest BCUT2D eigenvalue weighted by Crippen LogP contribution is -2.41. The number of ether oxygens (including phenoxy) is 1. The number of benzene rings is 1. The summed E-state index contributed by atoms with van der Waals surface area (Å²) in [6, 6.07) is 5.51. The number of hydrogen-bond donors (Lipinski definition) is 5. The van der Waals surface area contributed by atoms with Gasteiger partial charge in [-0.15, -0.1) is 5.59 Å². The van der Waals surface area contributed by atoms with E-state index in [4.69, 9.17) is 9.94 Å². The maximum atomic E-state index is 11.8. The molecule has 2 rings (SSSR count). The number of carbonyl (C=O) groups excluding carboxylic acids is 1. The number of fused-ring (bicyclic) bond motifs is 1. The number of carbonyl (C=O) groups is 1. The van der Waals surface area contributed by atoms with Crippen LogP contribution in [-0.4, -0.2) is 28.4 Å². The van der Waals surface area contributed by atoms with E-state index in [2.05, 4.69) is 31.7 Å². The van der Waals surface area contributed by atoms with Gasteiger partial charge in [0.2, 0.25) is 0 Å². The van der Waals surface area contributed by atoms with Crippen molar-refractivity contribution in [3.05, 3.63) is 34.4 Å². The lowest BCUT2D eigenvalue weighted by Gasteiger charge is -2.22. The first-order chi connectivity index (χ1) is 10.8. The molecule has 0 aliphatic heterocycles. The van der Waals surface area contributed by atoms with Crippen LogP contribution < -0.4 is 16.3 Å². The smallest absolute Gasteiger partial charge is 0.407 e. The Morgan fingerprint density at radius 2 is 2.17 bits per heavy atom. The second-order valence-electron chi connectivity index (χ2n) is 6.13. The van der Waals surface area contributed by atoms with Crippen LogP contribution in [0.15, 0.2) is 28.9 Å². The van der Waals surface area contributed by atoms with Crippen molar-refractivity contribution in [1.82, 2.24) is 21.3 Å². The van der Waals surface area contributed by atoms with Gasteiger partial charge in [0.15, 0.2) is 0 Å². The fraction of sp³-hybridized carbons (Fsp3) is 0.400. The van der Waals surface area contributed by atoms with Crippen LogP contribution in [0.2, 0.25) is 0 Å². The quantitative estimate of drug-likeness (QED) is 0.510. The summed E-state index contributed by atoms with van der Waals surface area (Å²) < 4.78 is 6.18. The first-order valence-corrected chi connectivity index (χ1v) is 7.97. The van der Waals surface area contributed by atoms with E-state index >= 15 is 0 Å². The first kappa shape index (κ1) is 17.7. The number of aromatic nitrogens is 1. The van der Waals surface area contributed by atoms with E-state index in [1.807, 2.05) is 30.0 Å². The van der Waals surface area contributed by atoms with Crippen molar-refractivity contribution in [3.63, 3.8) is 0 Å². The zero-order valence-electron chi connectivity index (χ0n) is 13.2. The van der Waals surface area contributed by atoms with Gasteiger partial charge in [-0.1, -0.05) is 22.0 Å². The molecule has 23 heavy (non-hydrogen) atoms. The maximum absolute atomic E-state index is 11.8. The molecular weight excluding hydrogens is 364 g/mol. The summed E-state index contributed by atoms with van der Waals surface area (Å²) in [7, 11) is 0. The molecule has 2 aromatic rings. The summed E-state index contributed by atoms with van der Waals surface area (Å²) in [5.41, 5.74) is 5.95. The third kappa shape index (κ3) is 4.93. The molecular formula is C15H21BrN4O3. The molecule has 0 bridgehead atoms. The zero-order chi connectivity index (χ0) is 17.0. The molecule has 1 heterocycles. The van der Waals surface area contributed by atoms with E-state index in [1.165, 1.54) is 0 Å². The van der Waals surface area contributed by atoms with Crippen molar-refractivity contribution < 1.29 is 14.7 Å². The molecule has 1 amide bonds. The molecule has 0 spiro atoms. The number of nitrogens with one attached hydrogen (secondary N) is 4. The predicted molar refractivity (Wildman–Crippen MR) is 91.0 cm³/mol. The van der Waals surface area contributed by atoms with E-state index < -0.39 is 11.7 Å². The molecule has 8 heteroatoms. The summed E-state index contributed by atoms with van der Waals surface area (Å²) in [4.78, 5) is 15.0. The molecule has 1 aromatic carbocycles. The van der Waals surface area contributed by atoms with E-state index in [0.717, 1.165) is 20.9 Å². The van der Waals surface area contributed by atoms with Crippen LogP contribution >= 0.6 is 15.9 Å². The fourth-order valence-corrected chi connectivity index (χ4v) is 2.59. The Labute approximate surface area is 142 Å². The molecule has 0 radical (unpaired) electrons. The average Bonchev–Trinajstić information content (AvgIpc) is 2.84. The number of H-pyrrole nitrogens is 1. The van der Waals surface area contributed by atoms with Gasteiger partial charge in [-0.2, -0.15) is 0 Å². The van der Waals surface area contributed by atoms with Crippen LogP contribution in [0.3, 0.4) is 0 Å². The minimum absolute atomic E-state index is 0.242. The predicted octanol–water partition coefficient (Wildman–Crippen LogP) is 2.98. The Morgan fingerprint density at radius 1 is 1.43 bits per heavy atom. The van der Waals surface area contributed by atoms with Crippen molar-refractivity contribution >= 4 is 32.9 Å². The molecule has 0 aliphatic rings. The van der Waals surface area contributed by atoms with Gasteiger partial charge in [-0.05, 0) is 38.5 Å². The Kier molecular flexibility index (Phi) is 5.64. The normalized spacial score (nSPS) is 13.1. The molecule has 0 saturated heterocycles. The number of amides is 1. The highest BCUT2D eigenvalue weighted by atomic mass is 79.9. The summed E-state index contributed by atoms with van der Waals surface area (Å²) in [6.45, 7) is 5.64. The van der Waals surface area contributed by atoms with Crippen LogP contribution in [0.4, 0.5) is 4.79 Å². The zero-order valence-corrected chi connectivity index (χ0v) is 14.8. The SMILES string of the molecule is CC(C)(C)OC(=O)NCC(NNO)c1c[nH]c2cc(Br)ccc12. The number of rotatable bonds is 5. The van der Waals surface area contributed by atoms with Gasteiger partial charge >= 0.3 is 6.09 Å². The molecule has 0 saturated carbocycles. The van der Waals surface area contributed by atoms with E-state index in [1.54, 1.807) is 20.8 Å². The standard InChI is InChI=1S/C15H21BrN4O3/c1-15(2,3)23-14(21)18-8-13(19-20-22)11-7-17-12-6-9(16)4-5-10(11)12/h4-7,13,17,19-20,22H,8H2,1-3H3,(H,18,21). The Morgan fingerprint density at radius 3 is 2.83 bits per heavy atom. The average molecular weight is 385 g/mol. The third-order valence-electron chi connectivity index (χ3n) is 3.14. The Balaban J connectivity index is 2.12. The number of alkyl carbamates (subject to hydrolysis) is 1. The van der Waals surface area contributed by atoms with E-state index in [0.29, 0.717) is 0 Å². The van der Waals surface area contributed by atoms with Gasteiger partial charge in [0.05, 0.1) is 6.04 Å². The van der Waals surface area contributed by atoms with Crippen molar-refractivity contribution in [2.24, 2.45) is 0 Å². The van der Waals surface area contributed by atoms with Gasteiger partial charge in [-0.25, -0.2) is 10.2 Å². The van der Waals surface area contributed by atoms with Crippen molar-refractivity contribution in [2.45, 2.75) is 32.4 Å². The summed E-state index contributed by atoms with van der Waals surface area (Å²) in [5, 5.41) is 12.7. The first-order valence-electron chi connectivity index (χ1n) is 7.18. The van der Waals surface area contributed by atoms with Crippen molar-refractivity contribution in [3.8, 4) is 0 Å². The lowest BCUT2D eigenvalue weighted by molar-refractivity contribution is 0.0507. The van der Waals surface area contributed by atoms with Gasteiger partial charge in [0.25, 0.3) is 0 Å². The number of hydrogen-bond acceptors (Lipinski definition) is 5. The van der Waals surface area contributed by atoms with E-state index in [9.17, 15) is 4.79 Å². The number of halogens is 1. The molecule has 0 aliphatic carbocycles. The van der Waals surface area contributed by atoms with Crippen molar-refractivity contribution in [2.75, 3.05) is 6.54 Å². The molecule has 0 fully saturated rings. The molecule has 1 unspecified atom stereocenters. The molecule has 7 nitrogen and oxygen atoms in total. The molecule has 126 valence electrons. The van der Waals surface area contributed by atoms with Crippen LogP contribution in [0.25, 0.3) is 10.9 Å². The van der Waals surface area contributed by atoms with Crippen LogP contribution in [0.5, 0.6) is 0 Å². The van der Waals surface area contributed by atoms with Crippen molar-refractivity contribution in [1.29, 1.82) is 0 Å². The fourth-order valence-electron chi connectivity index (χ4n) is 2.23. The van der Waals surface area contributed by atoms with Crippen LogP contribution in [0, 0.1) is 0 Å². The summed E-state index contributed by atoms with van der Waals surface area (Å²) >= 11 is 3.43. The molecule has 5 N–H and O–H groups in total. The highest BCUT2D eigenvalue weighted by Gasteiger charge is 2.20. The number of aromatic amines is 1. The van der Waals surface area contributed by atoms with Gasteiger partial charge < -0.3 is 20.2 Å². The maximum Gasteiger partial charge on any atom is 0.407 e. The highest BCUT2D eigenvalue weighted by molar-refractivity contribution is 9.10.